The molecule has 0 saturated carbocycles. The summed E-state index contributed by atoms with van der Waals surface area (Å²) in [6, 6.07) is 3.81. The number of nitrogens with zero attached hydrogens (tertiary/aromatic N) is 2. The molecule has 0 saturated heterocycles. The van der Waals surface area contributed by atoms with E-state index in [1.165, 1.54) is 0 Å². The lowest BCUT2D eigenvalue weighted by molar-refractivity contribution is -0.117. The first-order valence-electron chi connectivity index (χ1n) is 6.51. The third-order valence-corrected chi connectivity index (χ3v) is 3.07. The summed E-state index contributed by atoms with van der Waals surface area (Å²) in [5.41, 5.74) is 3.82. The molecule has 19 heavy (non-hydrogen) atoms. The quantitative estimate of drug-likeness (QED) is 0.899. The molecule has 0 spiro atoms. The summed E-state index contributed by atoms with van der Waals surface area (Å²) in [5.74, 6) is 0.0429. The van der Waals surface area contributed by atoms with E-state index in [-0.39, 0.29) is 11.3 Å². The molecule has 2 rings (SSSR count). The van der Waals surface area contributed by atoms with E-state index in [1.54, 1.807) is 0 Å². The Labute approximate surface area is 113 Å². The number of anilines is 1. The molecule has 0 aromatic carbocycles. The molecule has 2 aromatic rings. The molecule has 2 heterocycles. The van der Waals surface area contributed by atoms with Crippen LogP contribution in [0.4, 0.5) is 5.69 Å². The van der Waals surface area contributed by atoms with Crippen molar-refractivity contribution >= 4 is 17.2 Å². The minimum atomic E-state index is -0.00427. The first-order chi connectivity index (χ1) is 8.76. The predicted octanol–water partition coefficient (Wildman–Crippen LogP) is 3.33. The van der Waals surface area contributed by atoms with Crippen molar-refractivity contribution in [2.24, 2.45) is 5.41 Å². The Balaban J connectivity index is 2.22. The Morgan fingerprint density at radius 1 is 1.32 bits per heavy atom. The lowest BCUT2D eigenvalue weighted by atomic mass is 9.92. The highest BCUT2D eigenvalue weighted by atomic mass is 16.1. The minimum Gasteiger partial charge on any atom is -0.325 e. The smallest absolute Gasteiger partial charge is 0.224 e. The molecule has 2 aromatic heterocycles. The summed E-state index contributed by atoms with van der Waals surface area (Å²) in [4.78, 5) is 16.4. The normalized spacial score (nSPS) is 11.8. The largest absolute Gasteiger partial charge is 0.325 e. The van der Waals surface area contributed by atoms with E-state index in [0.717, 1.165) is 22.7 Å². The molecule has 4 heteroatoms. The minimum absolute atomic E-state index is 0.00427. The van der Waals surface area contributed by atoms with Crippen molar-refractivity contribution in [3.8, 4) is 0 Å². The number of hydrogen-bond donors (Lipinski definition) is 1. The van der Waals surface area contributed by atoms with Crippen molar-refractivity contribution in [2.45, 2.75) is 41.0 Å². The molecular weight excluding hydrogens is 238 g/mol. The summed E-state index contributed by atoms with van der Waals surface area (Å²) in [6.45, 7) is 10.2. The lowest BCUT2D eigenvalue weighted by Gasteiger charge is -2.17. The van der Waals surface area contributed by atoms with Gasteiger partial charge in [-0.05, 0) is 31.4 Å². The van der Waals surface area contributed by atoms with Crippen molar-refractivity contribution in [1.29, 1.82) is 0 Å². The number of carbonyl (C=O) groups excluding carboxylic acids is 1. The maximum Gasteiger partial charge on any atom is 0.224 e. The number of carbonyl (C=O) groups is 1. The molecule has 0 unspecified atom stereocenters. The van der Waals surface area contributed by atoms with Gasteiger partial charge in [0.15, 0.2) is 0 Å². The summed E-state index contributed by atoms with van der Waals surface area (Å²) < 4.78 is 2.00. The molecule has 0 radical (unpaired) electrons. The molecule has 0 fully saturated rings. The van der Waals surface area contributed by atoms with Crippen LogP contribution in [-0.2, 0) is 4.79 Å². The number of aromatic nitrogens is 2. The standard InChI is InChI=1S/C15H21N3O/c1-10-11(2)18-9-12(6-7-13(18)16-10)17-14(19)8-15(3,4)5/h6-7,9H,8H2,1-5H3,(H,17,19). The molecule has 1 amide bonds. The Hall–Kier alpha value is -1.84. The van der Waals surface area contributed by atoms with E-state index >= 15 is 0 Å². The lowest BCUT2D eigenvalue weighted by Crippen LogP contribution is -2.19. The summed E-state index contributed by atoms with van der Waals surface area (Å²) >= 11 is 0. The molecule has 4 nitrogen and oxygen atoms in total. The third kappa shape index (κ3) is 3.13. The van der Waals surface area contributed by atoms with Crippen molar-refractivity contribution in [1.82, 2.24) is 9.38 Å². The van der Waals surface area contributed by atoms with E-state index in [2.05, 4.69) is 31.1 Å². The fraction of sp³-hybridized carbons (Fsp3) is 0.467. The van der Waals surface area contributed by atoms with Gasteiger partial charge in [0.1, 0.15) is 5.65 Å². The average Bonchev–Trinajstić information content (AvgIpc) is 2.53. The van der Waals surface area contributed by atoms with Gasteiger partial charge in [0.25, 0.3) is 0 Å². The van der Waals surface area contributed by atoms with Crippen molar-refractivity contribution in [2.75, 3.05) is 5.32 Å². The van der Waals surface area contributed by atoms with Gasteiger partial charge >= 0.3 is 0 Å². The molecular formula is C15H21N3O. The van der Waals surface area contributed by atoms with Crippen LogP contribution in [0.5, 0.6) is 0 Å². The zero-order valence-electron chi connectivity index (χ0n) is 12.2. The molecule has 102 valence electrons. The summed E-state index contributed by atoms with van der Waals surface area (Å²) in [7, 11) is 0. The number of nitrogens with one attached hydrogen (secondary N) is 1. The van der Waals surface area contributed by atoms with Gasteiger partial charge < -0.3 is 9.72 Å². The Bertz CT molecular complexity index is 620. The highest BCUT2D eigenvalue weighted by Gasteiger charge is 2.16. The van der Waals surface area contributed by atoms with Gasteiger partial charge in [0.2, 0.25) is 5.91 Å². The van der Waals surface area contributed by atoms with Gasteiger partial charge in [-0.15, -0.1) is 0 Å². The first kappa shape index (κ1) is 13.6. The van der Waals surface area contributed by atoms with Crippen LogP contribution in [0.2, 0.25) is 0 Å². The van der Waals surface area contributed by atoms with Crippen molar-refractivity contribution < 1.29 is 4.79 Å². The molecule has 0 aliphatic carbocycles. The first-order valence-corrected chi connectivity index (χ1v) is 6.51. The average molecular weight is 259 g/mol. The Morgan fingerprint density at radius 3 is 2.63 bits per heavy atom. The van der Waals surface area contributed by atoms with E-state index in [1.807, 2.05) is 36.6 Å². The van der Waals surface area contributed by atoms with Crippen LogP contribution in [0.15, 0.2) is 18.3 Å². The van der Waals surface area contributed by atoms with E-state index in [9.17, 15) is 4.79 Å². The van der Waals surface area contributed by atoms with Crippen LogP contribution in [0.25, 0.3) is 5.65 Å². The van der Waals surface area contributed by atoms with Crippen LogP contribution in [0.3, 0.4) is 0 Å². The Morgan fingerprint density at radius 2 is 2.00 bits per heavy atom. The van der Waals surface area contributed by atoms with Gasteiger partial charge in [0.05, 0.1) is 11.4 Å². The summed E-state index contributed by atoms with van der Waals surface area (Å²) in [6.07, 6.45) is 2.43. The van der Waals surface area contributed by atoms with Gasteiger partial charge in [-0.3, -0.25) is 4.79 Å². The number of pyridine rings is 1. The fourth-order valence-corrected chi connectivity index (χ4v) is 2.04. The van der Waals surface area contributed by atoms with E-state index in [4.69, 9.17) is 0 Å². The molecule has 0 bridgehead atoms. The van der Waals surface area contributed by atoms with Gasteiger partial charge in [-0.2, -0.15) is 0 Å². The van der Waals surface area contributed by atoms with Crippen LogP contribution >= 0.6 is 0 Å². The zero-order valence-corrected chi connectivity index (χ0v) is 12.2. The highest BCUT2D eigenvalue weighted by molar-refractivity contribution is 5.91. The maximum atomic E-state index is 11.9. The van der Waals surface area contributed by atoms with Crippen LogP contribution in [0, 0.1) is 19.3 Å². The van der Waals surface area contributed by atoms with E-state index in [0.29, 0.717) is 6.42 Å². The maximum absolute atomic E-state index is 11.9. The zero-order chi connectivity index (χ0) is 14.2. The Kier molecular flexibility index (Phi) is 3.35. The number of hydrogen-bond acceptors (Lipinski definition) is 2. The predicted molar refractivity (Wildman–Crippen MR) is 77.4 cm³/mol. The second-order valence-corrected chi connectivity index (χ2v) is 6.21. The second-order valence-electron chi connectivity index (χ2n) is 6.21. The molecule has 0 aliphatic rings. The molecule has 0 aliphatic heterocycles. The van der Waals surface area contributed by atoms with Crippen molar-refractivity contribution in [3.05, 3.63) is 29.7 Å². The number of fused-ring (bicyclic) bond motifs is 1. The summed E-state index contributed by atoms with van der Waals surface area (Å²) in [5, 5.41) is 2.94. The van der Waals surface area contributed by atoms with Crippen LogP contribution in [0.1, 0.15) is 38.6 Å². The number of imidazole rings is 1. The van der Waals surface area contributed by atoms with Crippen LogP contribution in [-0.4, -0.2) is 15.3 Å². The number of aryl methyl sites for hydroxylation is 2. The molecule has 0 atom stereocenters. The number of amides is 1. The van der Waals surface area contributed by atoms with E-state index < -0.39 is 0 Å². The van der Waals surface area contributed by atoms with Gasteiger partial charge in [0, 0.05) is 18.3 Å². The third-order valence-electron chi connectivity index (χ3n) is 3.07. The highest BCUT2D eigenvalue weighted by Crippen LogP contribution is 2.20. The number of rotatable bonds is 2. The van der Waals surface area contributed by atoms with Gasteiger partial charge in [-0.25, -0.2) is 4.98 Å². The molecule has 1 N–H and O–H groups in total. The van der Waals surface area contributed by atoms with Crippen LogP contribution < -0.4 is 5.32 Å². The van der Waals surface area contributed by atoms with Crippen molar-refractivity contribution in [3.63, 3.8) is 0 Å². The monoisotopic (exact) mass is 259 g/mol. The second kappa shape index (κ2) is 4.68. The topological polar surface area (TPSA) is 46.4 Å². The SMILES string of the molecule is Cc1nc2ccc(NC(=O)CC(C)(C)C)cn2c1C. The fourth-order valence-electron chi connectivity index (χ4n) is 2.04. The van der Waals surface area contributed by atoms with Gasteiger partial charge in [-0.1, -0.05) is 20.8 Å².